The van der Waals surface area contributed by atoms with Crippen LogP contribution in [0.5, 0.6) is 0 Å². The summed E-state index contributed by atoms with van der Waals surface area (Å²) in [5.74, 6) is 0.164. The van der Waals surface area contributed by atoms with Gasteiger partial charge in [0.15, 0.2) is 0 Å². The summed E-state index contributed by atoms with van der Waals surface area (Å²) >= 11 is 7.34. The van der Waals surface area contributed by atoms with E-state index in [1.54, 1.807) is 23.9 Å². The smallest absolute Gasteiger partial charge is 0.141 e. The number of aryl methyl sites for hydroxylation is 1. The average Bonchev–Trinajstić information content (AvgIpc) is 2.41. The summed E-state index contributed by atoms with van der Waals surface area (Å²) in [6, 6.07) is 12.7. The van der Waals surface area contributed by atoms with Gasteiger partial charge < -0.3 is 5.11 Å². The van der Waals surface area contributed by atoms with Crippen LogP contribution < -0.4 is 0 Å². The number of hydrogen-bond acceptors (Lipinski definition) is 2. The first kappa shape index (κ1) is 15.4. The number of thioether (sulfide) groups is 1. The van der Waals surface area contributed by atoms with Gasteiger partial charge in [0.1, 0.15) is 5.82 Å². The van der Waals surface area contributed by atoms with Crippen molar-refractivity contribution in [3.05, 3.63) is 64.4 Å². The predicted molar refractivity (Wildman–Crippen MR) is 83.0 cm³/mol. The van der Waals surface area contributed by atoms with E-state index in [1.807, 2.05) is 25.1 Å². The van der Waals surface area contributed by atoms with Crippen molar-refractivity contribution in [1.29, 1.82) is 0 Å². The van der Waals surface area contributed by atoms with Gasteiger partial charge in [0.2, 0.25) is 0 Å². The highest BCUT2D eigenvalue weighted by Gasteiger charge is 2.08. The van der Waals surface area contributed by atoms with Gasteiger partial charge in [-0.25, -0.2) is 4.39 Å². The summed E-state index contributed by atoms with van der Waals surface area (Å²) in [6.07, 6.45) is -0.0132. The minimum atomic E-state index is -0.484. The first-order valence-electron chi connectivity index (χ1n) is 6.36. The van der Waals surface area contributed by atoms with E-state index in [9.17, 15) is 9.50 Å². The van der Waals surface area contributed by atoms with Gasteiger partial charge in [-0.05, 0) is 43.2 Å². The van der Waals surface area contributed by atoms with Crippen LogP contribution in [0.1, 0.15) is 11.1 Å². The second kappa shape index (κ2) is 7.11. The second-order valence-corrected chi connectivity index (χ2v) is 6.23. The minimum absolute atomic E-state index is 0.0982. The minimum Gasteiger partial charge on any atom is -0.392 e. The van der Waals surface area contributed by atoms with Gasteiger partial charge in [-0.3, -0.25) is 0 Å². The Morgan fingerprint density at radius 1 is 1.25 bits per heavy atom. The molecule has 0 radical (unpaired) electrons. The van der Waals surface area contributed by atoms with Gasteiger partial charge in [-0.1, -0.05) is 35.4 Å². The number of aliphatic hydroxyl groups is 1. The van der Waals surface area contributed by atoms with Gasteiger partial charge in [-0.2, -0.15) is 0 Å². The molecule has 1 unspecified atom stereocenters. The van der Waals surface area contributed by atoms with E-state index in [0.717, 1.165) is 10.5 Å². The molecule has 0 aliphatic carbocycles. The van der Waals surface area contributed by atoms with Crippen LogP contribution in [0.3, 0.4) is 0 Å². The Bertz CT molecular complexity index is 588. The van der Waals surface area contributed by atoms with Crippen molar-refractivity contribution in [2.75, 3.05) is 5.75 Å². The first-order valence-corrected chi connectivity index (χ1v) is 7.72. The summed E-state index contributed by atoms with van der Waals surface area (Å²) < 4.78 is 13.0. The molecule has 1 nitrogen and oxygen atoms in total. The van der Waals surface area contributed by atoms with E-state index < -0.39 is 11.9 Å². The topological polar surface area (TPSA) is 20.2 Å². The van der Waals surface area contributed by atoms with Gasteiger partial charge in [-0.15, -0.1) is 11.8 Å². The van der Waals surface area contributed by atoms with E-state index in [4.69, 9.17) is 11.6 Å². The molecule has 0 saturated heterocycles. The van der Waals surface area contributed by atoms with Gasteiger partial charge in [0.25, 0.3) is 0 Å². The quantitative estimate of drug-likeness (QED) is 0.822. The number of benzene rings is 2. The van der Waals surface area contributed by atoms with E-state index in [0.29, 0.717) is 12.2 Å². The third-order valence-electron chi connectivity index (χ3n) is 2.89. The Kier molecular flexibility index (Phi) is 5.46. The highest BCUT2D eigenvalue weighted by atomic mass is 35.5. The van der Waals surface area contributed by atoms with Crippen molar-refractivity contribution >= 4 is 23.4 Å². The maximum atomic E-state index is 13.0. The standard InChI is InChI=1S/C16H16ClFOS/c1-11-3-2-4-14(7-11)20-10-13(19)8-12-5-6-16(18)15(17)9-12/h2-7,9,13,19H,8,10H2,1H3. The van der Waals surface area contributed by atoms with Crippen molar-refractivity contribution in [2.24, 2.45) is 0 Å². The highest BCUT2D eigenvalue weighted by molar-refractivity contribution is 7.99. The van der Waals surface area contributed by atoms with Crippen molar-refractivity contribution in [2.45, 2.75) is 24.3 Å². The molecule has 2 aromatic rings. The molecule has 2 aromatic carbocycles. The van der Waals surface area contributed by atoms with Crippen LogP contribution in [0, 0.1) is 12.7 Å². The molecule has 0 bridgehead atoms. The van der Waals surface area contributed by atoms with E-state index in [1.165, 1.54) is 11.6 Å². The molecule has 106 valence electrons. The van der Waals surface area contributed by atoms with Crippen LogP contribution in [0.2, 0.25) is 5.02 Å². The Labute approximate surface area is 127 Å². The molecule has 0 fully saturated rings. The Hall–Kier alpha value is -1.03. The molecular formula is C16H16ClFOS. The molecule has 0 aliphatic rings. The van der Waals surface area contributed by atoms with Gasteiger partial charge >= 0.3 is 0 Å². The fraction of sp³-hybridized carbons (Fsp3) is 0.250. The molecule has 0 saturated carbocycles. The van der Waals surface area contributed by atoms with Crippen molar-refractivity contribution in [3.63, 3.8) is 0 Å². The summed E-state index contributed by atoms with van der Waals surface area (Å²) in [7, 11) is 0. The van der Waals surface area contributed by atoms with Crippen LogP contribution in [-0.4, -0.2) is 17.0 Å². The third-order valence-corrected chi connectivity index (χ3v) is 4.32. The molecule has 1 N–H and O–H groups in total. The lowest BCUT2D eigenvalue weighted by molar-refractivity contribution is 0.200. The average molecular weight is 311 g/mol. The normalized spacial score (nSPS) is 12.4. The summed E-state index contributed by atoms with van der Waals surface area (Å²) in [4.78, 5) is 1.14. The molecule has 0 heterocycles. The molecule has 0 spiro atoms. The fourth-order valence-electron chi connectivity index (χ4n) is 1.90. The SMILES string of the molecule is Cc1cccc(SCC(O)Cc2ccc(F)c(Cl)c2)c1. The molecule has 2 rings (SSSR count). The van der Waals surface area contributed by atoms with Crippen LogP contribution in [0.25, 0.3) is 0 Å². The molecule has 20 heavy (non-hydrogen) atoms. The maximum absolute atomic E-state index is 13.0. The summed E-state index contributed by atoms with van der Waals surface area (Å²) in [5, 5.41) is 10.1. The zero-order valence-corrected chi connectivity index (χ0v) is 12.7. The Morgan fingerprint density at radius 2 is 2.05 bits per heavy atom. The molecule has 4 heteroatoms. The molecule has 0 amide bonds. The predicted octanol–water partition coefficient (Wildman–Crippen LogP) is 4.48. The number of hydrogen-bond donors (Lipinski definition) is 1. The van der Waals surface area contributed by atoms with Crippen LogP contribution >= 0.6 is 23.4 Å². The molecular weight excluding hydrogens is 295 g/mol. The van der Waals surface area contributed by atoms with E-state index in [-0.39, 0.29) is 5.02 Å². The van der Waals surface area contributed by atoms with Crippen LogP contribution in [-0.2, 0) is 6.42 Å². The van der Waals surface area contributed by atoms with Crippen molar-refractivity contribution in [1.82, 2.24) is 0 Å². The number of aliphatic hydroxyl groups excluding tert-OH is 1. The molecule has 0 aromatic heterocycles. The zero-order valence-electron chi connectivity index (χ0n) is 11.1. The van der Waals surface area contributed by atoms with Crippen molar-refractivity contribution < 1.29 is 9.50 Å². The third kappa shape index (κ3) is 4.51. The van der Waals surface area contributed by atoms with E-state index in [2.05, 4.69) is 6.07 Å². The Balaban J connectivity index is 1.89. The summed E-state index contributed by atoms with van der Waals surface area (Å²) in [6.45, 7) is 2.04. The Morgan fingerprint density at radius 3 is 2.75 bits per heavy atom. The fourth-order valence-corrected chi connectivity index (χ4v) is 3.05. The van der Waals surface area contributed by atoms with Crippen molar-refractivity contribution in [3.8, 4) is 0 Å². The molecule has 1 atom stereocenters. The lowest BCUT2D eigenvalue weighted by atomic mass is 10.1. The maximum Gasteiger partial charge on any atom is 0.141 e. The number of rotatable bonds is 5. The largest absolute Gasteiger partial charge is 0.392 e. The monoisotopic (exact) mass is 310 g/mol. The van der Waals surface area contributed by atoms with Gasteiger partial charge in [0, 0.05) is 10.6 Å². The lowest BCUT2D eigenvalue weighted by Crippen LogP contribution is -2.13. The molecule has 0 aliphatic heterocycles. The highest BCUT2D eigenvalue weighted by Crippen LogP contribution is 2.22. The van der Waals surface area contributed by atoms with Gasteiger partial charge in [0.05, 0.1) is 11.1 Å². The number of halogens is 2. The second-order valence-electron chi connectivity index (χ2n) is 4.73. The van der Waals surface area contributed by atoms with E-state index >= 15 is 0 Å². The summed E-state index contributed by atoms with van der Waals surface area (Å²) in [5.41, 5.74) is 2.04. The lowest BCUT2D eigenvalue weighted by Gasteiger charge is -2.11. The first-order chi connectivity index (χ1) is 9.54. The van der Waals surface area contributed by atoms with Crippen LogP contribution in [0.4, 0.5) is 4.39 Å². The van der Waals surface area contributed by atoms with Crippen LogP contribution in [0.15, 0.2) is 47.4 Å². The zero-order chi connectivity index (χ0) is 14.5.